The van der Waals surface area contributed by atoms with E-state index in [1.54, 1.807) is 11.3 Å². The first kappa shape index (κ1) is 13.3. The van der Waals surface area contributed by atoms with Crippen molar-refractivity contribution in [2.45, 2.75) is 12.8 Å². The summed E-state index contributed by atoms with van der Waals surface area (Å²) in [6, 6.07) is 9.22. The predicted molar refractivity (Wildman–Crippen MR) is 60.7 cm³/mol. The molecule has 2 aromatic rings. The average molecular weight is 312 g/mol. The Morgan fingerprint density at radius 3 is 2.80 bits per heavy atom. The van der Waals surface area contributed by atoms with Crippen LogP contribution in [0.4, 0.5) is 0 Å². The maximum Gasteiger partial charge on any atom is 0.0681 e. The molecule has 0 amide bonds. The first-order valence-corrected chi connectivity index (χ1v) is 5.70. The van der Waals surface area contributed by atoms with E-state index in [9.17, 15) is 0 Å². The molecule has 2 rings (SSSR count). The summed E-state index contributed by atoms with van der Waals surface area (Å²) < 4.78 is 0. The monoisotopic (exact) mass is 311 g/mol. The second-order valence-electron chi connectivity index (χ2n) is 3.04. The van der Waals surface area contributed by atoms with E-state index in [2.05, 4.69) is 17.1 Å². The number of rotatable bonds is 2. The minimum absolute atomic E-state index is 0. The molecule has 1 nitrogen and oxygen atoms in total. The number of aromatic nitrogens is 1. The molecule has 1 aromatic carbocycles. The first-order valence-electron chi connectivity index (χ1n) is 4.28. The van der Waals surface area contributed by atoms with Gasteiger partial charge in [-0.1, -0.05) is 12.5 Å². The third-order valence-corrected chi connectivity index (χ3v) is 3.12. The van der Waals surface area contributed by atoms with Crippen molar-refractivity contribution < 1.29 is 32.7 Å². The van der Waals surface area contributed by atoms with Crippen molar-refractivity contribution in [2.24, 2.45) is 0 Å². The third kappa shape index (κ3) is 3.35. The van der Waals surface area contributed by atoms with Crippen molar-refractivity contribution in [3.05, 3.63) is 40.9 Å². The van der Waals surface area contributed by atoms with Crippen LogP contribution >= 0.6 is 22.9 Å². The molecule has 0 N–H and O–H groups in total. The molecule has 0 bridgehead atoms. The Morgan fingerprint density at radius 1 is 1.47 bits per heavy atom. The molecule has 0 spiro atoms. The summed E-state index contributed by atoms with van der Waals surface area (Å²) >= 11 is 7.31. The Morgan fingerprint density at radius 2 is 2.27 bits per heavy atom. The van der Waals surface area contributed by atoms with E-state index in [4.69, 9.17) is 11.6 Å². The number of alkyl halides is 1. The van der Waals surface area contributed by atoms with Gasteiger partial charge in [-0.05, 0) is 0 Å². The van der Waals surface area contributed by atoms with Crippen molar-refractivity contribution in [3.63, 3.8) is 0 Å². The minimum Gasteiger partial charge on any atom is -0.253 e. The van der Waals surface area contributed by atoms with Gasteiger partial charge in [0.15, 0.2) is 0 Å². The van der Waals surface area contributed by atoms with Gasteiger partial charge in [-0.25, -0.2) is 0 Å². The molecule has 4 heteroatoms. The van der Waals surface area contributed by atoms with E-state index < -0.39 is 0 Å². The van der Waals surface area contributed by atoms with Crippen LogP contribution in [0.25, 0.3) is 10.6 Å². The Balaban J connectivity index is 0.00000112. The molecule has 0 aliphatic carbocycles. The summed E-state index contributed by atoms with van der Waals surface area (Å²) in [4.78, 5) is 4.40. The van der Waals surface area contributed by atoms with Gasteiger partial charge < -0.3 is 0 Å². The Hall–Kier alpha value is 0.244. The summed E-state index contributed by atoms with van der Waals surface area (Å²) in [6.07, 6.45) is 0. The summed E-state index contributed by atoms with van der Waals surface area (Å²) in [5.41, 5.74) is 3.19. The molecule has 75 valence electrons. The fourth-order valence-corrected chi connectivity index (χ4v) is 2.18. The predicted octanol–water partition coefficient (Wildman–Crippen LogP) is 3.66. The molecule has 0 saturated carbocycles. The molecule has 0 unspecified atom stereocenters. The number of hydrogen-bond donors (Lipinski definition) is 0. The summed E-state index contributed by atoms with van der Waals surface area (Å²) in [5.74, 6) is 0.478. The second-order valence-corrected chi connectivity index (χ2v) is 4.16. The van der Waals surface area contributed by atoms with Crippen LogP contribution in [0.3, 0.4) is 0 Å². The zero-order chi connectivity index (χ0) is 9.97. The maximum atomic E-state index is 5.69. The fourth-order valence-electron chi connectivity index (χ4n) is 1.14. The standard InChI is InChI=1S/C11H9ClNS.Y/c1-8-2-4-9(5-3-8)11-13-10(6-12)7-14-11;/h2,4-5,7H,6H2,1H3;/q-1;. The van der Waals surface area contributed by atoms with Crippen LogP contribution in [-0.2, 0) is 38.6 Å². The number of thiazole rings is 1. The molecule has 0 atom stereocenters. The Kier molecular flexibility index (Phi) is 5.41. The van der Waals surface area contributed by atoms with Crippen LogP contribution in [0.5, 0.6) is 0 Å². The van der Waals surface area contributed by atoms with E-state index in [0.717, 1.165) is 21.8 Å². The second kappa shape index (κ2) is 6.10. The van der Waals surface area contributed by atoms with Gasteiger partial charge in [-0.15, -0.1) is 22.9 Å². The van der Waals surface area contributed by atoms with Crippen LogP contribution in [0.2, 0.25) is 0 Å². The van der Waals surface area contributed by atoms with Crippen molar-refractivity contribution >= 4 is 22.9 Å². The van der Waals surface area contributed by atoms with Gasteiger partial charge in [0.05, 0.1) is 16.6 Å². The number of aryl methyl sites for hydroxylation is 1. The molecule has 1 radical (unpaired) electrons. The molecule has 0 aliphatic rings. The molecule has 1 aromatic heterocycles. The first-order chi connectivity index (χ1) is 6.79. The summed E-state index contributed by atoms with van der Waals surface area (Å²) in [7, 11) is 0. The number of benzene rings is 1. The van der Waals surface area contributed by atoms with Crippen LogP contribution in [0.15, 0.2) is 23.6 Å². The van der Waals surface area contributed by atoms with Crippen LogP contribution in [0, 0.1) is 13.0 Å². The fraction of sp³-hybridized carbons (Fsp3) is 0.182. The zero-order valence-corrected chi connectivity index (χ0v) is 12.7. The number of halogens is 1. The van der Waals surface area contributed by atoms with Gasteiger partial charge >= 0.3 is 0 Å². The van der Waals surface area contributed by atoms with E-state index >= 15 is 0 Å². The molecular weight excluding hydrogens is 303 g/mol. The van der Waals surface area contributed by atoms with Crippen molar-refractivity contribution in [1.29, 1.82) is 0 Å². The zero-order valence-electron chi connectivity index (χ0n) is 8.33. The third-order valence-electron chi connectivity index (χ3n) is 1.90. The maximum absolute atomic E-state index is 5.69. The van der Waals surface area contributed by atoms with Gasteiger partial charge in [-0.2, -0.15) is 29.8 Å². The SMILES string of the molecule is Cc1[c-]cc(-c2nc(CCl)cs2)cc1.[Y]. The number of hydrogen-bond acceptors (Lipinski definition) is 2. The Labute approximate surface area is 124 Å². The van der Waals surface area contributed by atoms with Crippen molar-refractivity contribution in [3.8, 4) is 10.6 Å². The van der Waals surface area contributed by atoms with Gasteiger partial charge in [0, 0.05) is 38.1 Å². The van der Waals surface area contributed by atoms with Gasteiger partial charge in [-0.3, -0.25) is 4.98 Å². The van der Waals surface area contributed by atoms with E-state index in [1.807, 2.05) is 24.4 Å². The molecule has 15 heavy (non-hydrogen) atoms. The summed E-state index contributed by atoms with van der Waals surface area (Å²) in [6.45, 7) is 2.02. The smallest absolute Gasteiger partial charge is 0.0681 e. The molecule has 0 fully saturated rings. The van der Waals surface area contributed by atoms with Crippen LogP contribution in [-0.4, -0.2) is 4.98 Å². The van der Waals surface area contributed by atoms with E-state index in [0.29, 0.717) is 5.88 Å². The molecule has 0 saturated heterocycles. The minimum atomic E-state index is 0. The van der Waals surface area contributed by atoms with Gasteiger partial charge in [0.1, 0.15) is 0 Å². The quantitative estimate of drug-likeness (QED) is 0.609. The molecule has 1 heterocycles. The topological polar surface area (TPSA) is 12.9 Å². The Bertz CT molecular complexity index is 424. The van der Waals surface area contributed by atoms with Gasteiger partial charge in [0.2, 0.25) is 0 Å². The van der Waals surface area contributed by atoms with Crippen molar-refractivity contribution in [1.82, 2.24) is 4.98 Å². The van der Waals surface area contributed by atoms with Crippen molar-refractivity contribution in [2.75, 3.05) is 0 Å². The normalized spacial score (nSPS) is 9.73. The molecular formula is C11H9ClNSY-. The largest absolute Gasteiger partial charge is 0.253 e. The van der Waals surface area contributed by atoms with Gasteiger partial charge in [0.25, 0.3) is 0 Å². The average Bonchev–Trinajstić information content (AvgIpc) is 2.67. The molecule has 0 aliphatic heterocycles. The van der Waals surface area contributed by atoms with E-state index in [1.165, 1.54) is 0 Å². The van der Waals surface area contributed by atoms with Crippen LogP contribution < -0.4 is 0 Å². The van der Waals surface area contributed by atoms with Crippen LogP contribution in [0.1, 0.15) is 11.3 Å². The summed E-state index contributed by atoms with van der Waals surface area (Å²) in [5, 5.41) is 3.00. The van der Waals surface area contributed by atoms with E-state index in [-0.39, 0.29) is 32.7 Å². The number of nitrogens with zero attached hydrogens (tertiary/aromatic N) is 1.